The monoisotopic (exact) mass is 352 g/mol. The largest absolute Gasteiger partial charge is 0.481 e. The van der Waals surface area contributed by atoms with Crippen LogP contribution in [0.5, 0.6) is 0 Å². The van der Waals surface area contributed by atoms with Crippen molar-refractivity contribution in [2.45, 2.75) is 39.5 Å². The number of carboxylic acids is 1. The van der Waals surface area contributed by atoms with E-state index in [0.29, 0.717) is 13.0 Å². The number of aromatic nitrogens is 1. The summed E-state index contributed by atoms with van der Waals surface area (Å²) < 4.78 is 0. The number of amides is 1. The molecule has 1 unspecified atom stereocenters. The lowest BCUT2D eigenvalue weighted by molar-refractivity contribution is -0.150. The zero-order valence-corrected chi connectivity index (χ0v) is 15.3. The quantitative estimate of drug-likeness (QED) is 0.920. The van der Waals surface area contributed by atoms with E-state index in [0.717, 1.165) is 47.0 Å². The van der Waals surface area contributed by atoms with Crippen molar-refractivity contribution < 1.29 is 14.7 Å². The Bertz CT molecular complexity index is 906. The summed E-state index contributed by atoms with van der Waals surface area (Å²) >= 11 is 0. The fourth-order valence-electron chi connectivity index (χ4n) is 4.51. The SMILES string of the molecule is CC(C)C1(C(=O)O)CCN(C(=O)c2c3c(nc4ccccc24)CCC3)C1. The van der Waals surface area contributed by atoms with Gasteiger partial charge in [-0.25, -0.2) is 0 Å². The molecule has 1 aliphatic carbocycles. The molecule has 1 N–H and O–H groups in total. The van der Waals surface area contributed by atoms with E-state index >= 15 is 0 Å². The molecule has 5 heteroatoms. The minimum absolute atomic E-state index is 0.0160. The smallest absolute Gasteiger partial charge is 0.311 e. The maximum Gasteiger partial charge on any atom is 0.311 e. The summed E-state index contributed by atoms with van der Waals surface area (Å²) in [7, 11) is 0. The Hall–Kier alpha value is -2.43. The first-order valence-corrected chi connectivity index (χ1v) is 9.37. The van der Waals surface area contributed by atoms with E-state index in [1.807, 2.05) is 38.1 Å². The van der Waals surface area contributed by atoms with Gasteiger partial charge in [-0.2, -0.15) is 0 Å². The highest BCUT2D eigenvalue weighted by atomic mass is 16.4. The molecule has 1 amide bonds. The standard InChI is InChI=1S/C21H24N2O3/c1-13(2)21(20(25)26)10-11-23(12-21)19(24)18-14-6-3-4-8-16(14)22-17-9-5-7-15(17)18/h3-4,6,8,13H,5,7,9-12H2,1-2H3,(H,25,26). The molecule has 2 aromatic rings. The fraction of sp³-hybridized carbons (Fsp3) is 0.476. The van der Waals surface area contributed by atoms with Crippen molar-refractivity contribution in [2.24, 2.45) is 11.3 Å². The number of benzene rings is 1. The van der Waals surface area contributed by atoms with E-state index in [1.54, 1.807) is 4.90 Å². The summed E-state index contributed by atoms with van der Waals surface area (Å²) in [5.41, 5.74) is 2.84. The number of aliphatic carboxylic acids is 1. The molecule has 136 valence electrons. The number of hydrogen-bond acceptors (Lipinski definition) is 3. The van der Waals surface area contributed by atoms with Gasteiger partial charge in [0.2, 0.25) is 0 Å². The van der Waals surface area contributed by atoms with Crippen molar-refractivity contribution >= 4 is 22.8 Å². The summed E-state index contributed by atoms with van der Waals surface area (Å²) in [6.45, 7) is 4.64. The first-order valence-electron chi connectivity index (χ1n) is 9.37. The van der Waals surface area contributed by atoms with Gasteiger partial charge in [-0.15, -0.1) is 0 Å². The van der Waals surface area contributed by atoms with Crippen molar-refractivity contribution in [3.8, 4) is 0 Å². The Kier molecular flexibility index (Phi) is 3.98. The van der Waals surface area contributed by atoms with Crippen LogP contribution in [0.15, 0.2) is 24.3 Å². The molecule has 26 heavy (non-hydrogen) atoms. The second-order valence-corrected chi connectivity index (χ2v) is 7.88. The van der Waals surface area contributed by atoms with Gasteiger partial charge in [0, 0.05) is 24.2 Å². The number of nitrogens with zero attached hydrogens (tertiary/aromatic N) is 2. The third-order valence-corrected chi connectivity index (χ3v) is 6.25. The Morgan fingerprint density at radius 1 is 1.23 bits per heavy atom. The van der Waals surface area contributed by atoms with Crippen molar-refractivity contribution in [1.29, 1.82) is 0 Å². The zero-order chi connectivity index (χ0) is 18.5. The van der Waals surface area contributed by atoms with Gasteiger partial charge < -0.3 is 10.0 Å². The number of likely N-dealkylation sites (tertiary alicyclic amines) is 1. The number of pyridine rings is 1. The molecule has 1 aromatic carbocycles. The number of hydrogen-bond donors (Lipinski definition) is 1. The van der Waals surface area contributed by atoms with Crippen LogP contribution in [0.1, 0.15) is 48.3 Å². The molecule has 1 fully saturated rings. The lowest BCUT2D eigenvalue weighted by Gasteiger charge is -2.29. The van der Waals surface area contributed by atoms with Crippen LogP contribution in [0, 0.1) is 11.3 Å². The number of carboxylic acid groups (broad SMARTS) is 1. The predicted molar refractivity (Wildman–Crippen MR) is 99.2 cm³/mol. The van der Waals surface area contributed by atoms with E-state index in [9.17, 15) is 14.7 Å². The lowest BCUT2D eigenvalue weighted by atomic mass is 9.76. The molecule has 0 spiro atoms. The van der Waals surface area contributed by atoms with Crippen molar-refractivity contribution in [1.82, 2.24) is 9.88 Å². The summed E-state index contributed by atoms with van der Waals surface area (Å²) in [4.78, 5) is 31.9. The molecule has 5 nitrogen and oxygen atoms in total. The van der Waals surface area contributed by atoms with Crippen LogP contribution in [0.3, 0.4) is 0 Å². The molecule has 1 saturated heterocycles. The summed E-state index contributed by atoms with van der Waals surface area (Å²) in [5.74, 6) is -0.851. The van der Waals surface area contributed by atoms with E-state index in [1.165, 1.54) is 0 Å². The third-order valence-electron chi connectivity index (χ3n) is 6.25. The molecule has 1 aliphatic heterocycles. The van der Waals surface area contributed by atoms with E-state index < -0.39 is 11.4 Å². The van der Waals surface area contributed by atoms with Crippen LogP contribution in [-0.2, 0) is 17.6 Å². The molecule has 2 heterocycles. The number of para-hydroxylation sites is 1. The number of rotatable bonds is 3. The molecule has 1 aromatic heterocycles. The van der Waals surface area contributed by atoms with E-state index in [-0.39, 0.29) is 18.4 Å². The van der Waals surface area contributed by atoms with E-state index in [4.69, 9.17) is 4.98 Å². The summed E-state index contributed by atoms with van der Waals surface area (Å²) in [5, 5.41) is 10.7. The molecule has 0 bridgehead atoms. The normalized spacial score (nSPS) is 22.2. The first-order chi connectivity index (χ1) is 12.4. The third kappa shape index (κ3) is 2.41. The Morgan fingerprint density at radius 2 is 2.00 bits per heavy atom. The van der Waals surface area contributed by atoms with Crippen molar-refractivity contribution in [3.63, 3.8) is 0 Å². The van der Waals surface area contributed by atoms with Gasteiger partial charge in [0.15, 0.2) is 0 Å². The van der Waals surface area contributed by atoms with Crippen LogP contribution in [0.2, 0.25) is 0 Å². The fourth-order valence-corrected chi connectivity index (χ4v) is 4.51. The lowest BCUT2D eigenvalue weighted by Crippen LogP contribution is -2.40. The second kappa shape index (κ2) is 6.08. The summed E-state index contributed by atoms with van der Waals surface area (Å²) in [6.07, 6.45) is 3.31. The molecular formula is C21H24N2O3. The van der Waals surface area contributed by atoms with Gasteiger partial charge in [-0.3, -0.25) is 14.6 Å². The molecule has 2 aliphatic rings. The Morgan fingerprint density at radius 3 is 2.69 bits per heavy atom. The van der Waals surface area contributed by atoms with Crippen LogP contribution in [0.4, 0.5) is 0 Å². The van der Waals surface area contributed by atoms with Gasteiger partial charge in [0.1, 0.15) is 0 Å². The van der Waals surface area contributed by atoms with Crippen molar-refractivity contribution in [2.75, 3.05) is 13.1 Å². The number of fused-ring (bicyclic) bond motifs is 2. The van der Waals surface area contributed by atoms with Crippen molar-refractivity contribution in [3.05, 3.63) is 41.1 Å². The van der Waals surface area contributed by atoms with Crippen LogP contribution in [-0.4, -0.2) is 40.0 Å². The van der Waals surface area contributed by atoms with Crippen LogP contribution < -0.4 is 0 Å². The second-order valence-electron chi connectivity index (χ2n) is 7.88. The minimum atomic E-state index is -0.846. The summed E-state index contributed by atoms with van der Waals surface area (Å²) in [6, 6.07) is 7.78. The first kappa shape index (κ1) is 17.0. The van der Waals surface area contributed by atoms with Crippen LogP contribution in [0.25, 0.3) is 10.9 Å². The molecule has 1 atom stereocenters. The number of carbonyl (C=O) groups excluding carboxylic acids is 1. The molecule has 0 radical (unpaired) electrons. The predicted octanol–water partition coefficient (Wildman–Crippen LogP) is 3.30. The zero-order valence-electron chi connectivity index (χ0n) is 15.3. The Labute approximate surface area is 153 Å². The average Bonchev–Trinajstić information content (AvgIpc) is 3.26. The molecular weight excluding hydrogens is 328 g/mol. The van der Waals surface area contributed by atoms with E-state index in [2.05, 4.69) is 0 Å². The maximum atomic E-state index is 13.5. The van der Waals surface area contributed by atoms with Gasteiger partial charge >= 0.3 is 5.97 Å². The minimum Gasteiger partial charge on any atom is -0.481 e. The number of carbonyl (C=O) groups is 2. The highest BCUT2D eigenvalue weighted by Crippen LogP contribution is 2.40. The van der Waals surface area contributed by atoms with Gasteiger partial charge in [-0.05, 0) is 43.2 Å². The maximum absolute atomic E-state index is 13.5. The van der Waals surface area contributed by atoms with Crippen LogP contribution >= 0.6 is 0 Å². The Balaban J connectivity index is 1.78. The molecule has 4 rings (SSSR count). The topological polar surface area (TPSA) is 70.5 Å². The van der Waals surface area contributed by atoms with Gasteiger partial charge in [-0.1, -0.05) is 32.0 Å². The average molecular weight is 352 g/mol. The highest BCUT2D eigenvalue weighted by Gasteiger charge is 2.49. The van der Waals surface area contributed by atoms with Gasteiger partial charge in [0.05, 0.1) is 16.5 Å². The highest BCUT2D eigenvalue weighted by molar-refractivity contribution is 6.08. The molecule has 0 saturated carbocycles. The van der Waals surface area contributed by atoms with Gasteiger partial charge in [0.25, 0.3) is 5.91 Å². The number of aryl methyl sites for hydroxylation is 1.